The number of hydrogen-bond donors (Lipinski definition) is 3. The van der Waals surface area contributed by atoms with Crippen molar-refractivity contribution in [3.05, 3.63) is 70.0 Å². The summed E-state index contributed by atoms with van der Waals surface area (Å²) in [7, 11) is -3.96. The van der Waals surface area contributed by atoms with E-state index in [1.54, 1.807) is 24.3 Å². The van der Waals surface area contributed by atoms with Crippen molar-refractivity contribution in [1.29, 1.82) is 5.41 Å². The van der Waals surface area contributed by atoms with Gasteiger partial charge in [0.2, 0.25) is 8.32 Å². The Kier molecular flexibility index (Phi) is 10.7. The number of phenols is 1. The van der Waals surface area contributed by atoms with Gasteiger partial charge in [0.25, 0.3) is 0 Å². The molecule has 0 bridgehead atoms. The summed E-state index contributed by atoms with van der Waals surface area (Å²) in [6.07, 6.45) is 0.280. The number of nitrogens with one attached hydrogen (secondary N) is 1. The number of aliphatic hydroxyl groups is 1. The normalized spacial score (nSPS) is 24.9. The van der Waals surface area contributed by atoms with Crippen molar-refractivity contribution in [2.45, 2.75) is 141 Å². The Morgan fingerprint density at radius 1 is 0.961 bits per heavy atom. The molecule has 0 aromatic heterocycles. The van der Waals surface area contributed by atoms with Gasteiger partial charge >= 0.3 is 8.56 Å². The first-order valence-electron chi connectivity index (χ1n) is 18.4. The zero-order valence-electron chi connectivity index (χ0n) is 33.2. The molecule has 0 radical (unpaired) electrons. The van der Waals surface area contributed by atoms with Gasteiger partial charge in [0.05, 0.1) is 18.4 Å². The maximum atomic E-state index is 13.4. The highest BCUT2D eigenvalue weighted by molar-refractivity contribution is 6.77. The lowest BCUT2D eigenvalue weighted by atomic mass is 9.71. The molecule has 9 nitrogen and oxygen atoms in total. The van der Waals surface area contributed by atoms with E-state index in [-0.39, 0.29) is 46.3 Å². The van der Waals surface area contributed by atoms with E-state index in [4.69, 9.17) is 27.5 Å². The molecule has 5 rings (SSSR count). The minimum Gasteiger partial charge on any atom is -0.507 e. The predicted octanol–water partition coefficient (Wildman–Crippen LogP) is 8.95. The third kappa shape index (κ3) is 6.24. The molecule has 1 aliphatic carbocycles. The number of aromatic hydroxyl groups is 1. The Labute approximate surface area is 307 Å². The maximum absolute atomic E-state index is 13.4. The molecule has 11 heteroatoms. The average molecular weight is 740 g/mol. The molecule has 1 saturated heterocycles. The maximum Gasteiger partial charge on any atom is 0.349 e. The molecule has 2 aromatic carbocycles. The minimum absolute atomic E-state index is 0.0392. The lowest BCUT2D eigenvalue weighted by molar-refractivity contribution is -0.143. The summed E-state index contributed by atoms with van der Waals surface area (Å²) in [5, 5.41) is 33.6. The predicted molar refractivity (Wildman–Crippen MR) is 206 cm³/mol. The summed E-state index contributed by atoms with van der Waals surface area (Å²) in [6.45, 7) is 28.9. The Balaban J connectivity index is 1.81. The van der Waals surface area contributed by atoms with Crippen LogP contribution in [-0.4, -0.2) is 71.6 Å². The fourth-order valence-corrected chi connectivity index (χ4v) is 19.9. The van der Waals surface area contributed by atoms with Crippen LogP contribution >= 0.6 is 0 Å². The summed E-state index contributed by atoms with van der Waals surface area (Å²) >= 11 is 0. The molecule has 0 amide bonds. The van der Waals surface area contributed by atoms with Gasteiger partial charge in [-0.1, -0.05) is 101 Å². The van der Waals surface area contributed by atoms with Crippen molar-refractivity contribution in [3.8, 4) is 11.5 Å². The molecule has 51 heavy (non-hydrogen) atoms. The monoisotopic (exact) mass is 739 g/mol. The quantitative estimate of drug-likeness (QED) is 0.172. The molecule has 282 valence electrons. The van der Waals surface area contributed by atoms with Crippen LogP contribution in [0.15, 0.2) is 42.2 Å². The Hall–Kier alpha value is -2.52. The second-order valence-electron chi connectivity index (χ2n) is 17.6. The zero-order valence-corrected chi connectivity index (χ0v) is 35.2. The molecule has 2 aromatic rings. The molecule has 2 heterocycles. The number of benzene rings is 2. The number of methoxy groups -OCH3 is 1. The summed E-state index contributed by atoms with van der Waals surface area (Å²) in [6, 6.07) is 8.74. The van der Waals surface area contributed by atoms with Gasteiger partial charge in [0.15, 0.2) is 12.4 Å². The highest BCUT2D eigenvalue weighted by atomic mass is 28.4. The smallest absolute Gasteiger partial charge is 0.349 e. The van der Waals surface area contributed by atoms with Crippen LogP contribution in [0.4, 0.5) is 0 Å². The average Bonchev–Trinajstić information content (AvgIpc) is 3.02. The van der Waals surface area contributed by atoms with Crippen molar-refractivity contribution in [2.75, 3.05) is 20.5 Å². The fraction of sp³-hybridized carbons (Fsp3) is 0.625. The molecule has 0 spiro atoms. The second kappa shape index (κ2) is 13.7. The number of fused-ring (bicyclic) bond motifs is 3. The number of rotatable bonds is 9. The van der Waals surface area contributed by atoms with Crippen LogP contribution in [0.2, 0.25) is 26.7 Å². The minimum atomic E-state index is -2.96. The Morgan fingerprint density at radius 3 is 2.12 bits per heavy atom. The molecular weight excluding hydrogens is 679 g/mol. The molecule has 0 unspecified atom stereocenters. The van der Waals surface area contributed by atoms with Crippen molar-refractivity contribution < 1.29 is 37.7 Å². The molecule has 2 aliphatic heterocycles. The first kappa shape index (κ1) is 39.7. The topological polar surface area (TPSA) is 120 Å². The van der Waals surface area contributed by atoms with E-state index in [0.29, 0.717) is 39.1 Å². The number of phenolic OH excluding ortho intramolecular Hbond substituents is 1. The fourth-order valence-electron chi connectivity index (χ4n) is 9.47. The molecule has 1 fully saturated rings. The van der Waals surface area contributed by atoms with E-state index in [1.807, 2.05) is 19.1 Å². The van der Waals surface area contributed by atoms with Gasteiger partial charge in [-0.2, -0.15) is 0 Å². The van der Waals surface area contributed by atoms with Crippen LogP contribution < -0.4 is 4.74 Å². The van der Waals surface area contributed by atoms with Crippen LogP contribution in [-0.2, 0) is 28.4 Å². The van der Waals surface area contributed by atoms with E-state index in [0.717, 1.165) is 5.56 Å². The van der Waals surface area contributed by atoms with Crippen LogP contribution in [0, 0.1) is 12.3 Å². The highest BCUT2D eigenvalue weighted by Gasteiger charge is 2.65. The standard InChI is InChI=1S/C40H61NO8Si2/c1-23(2)50(24(3)4,25(5)6)48-31-20-33(47-32-21-46-51(38(8,9)10,39(11,12)13)49-37(31)32)40(43)27-16-15-17-30(45-22-44-14)35(27)36(41)34-28(40)18-26(7)19-29(34)42/h15-20,23-25,31-32,37,41-43H,21-22H2,1-14H3/t31-,32-,37+,40+/m1/s1. The van der Waals surface area contributed by atoms with E-state index >= 15 is 0 Å². The van der Waals surface area contributed by atoms with Crippen LogP contribution in [0.5, 0.6) is 11.5 Å². The number of aryl methyl sites for hydroxylation is 1. The van der Waals surface area contributed by atoms with Crippen molar-refractivity contribution in [2.24, 2.45) is 0 Å². The van der Waals surface area contributed by atoms with E-state index < -0.39 is 40.8 Å². The van der Waals surface area contributed by atoms with Crippen LogP contribution in [0.3, 0.4) is 0 Å². The molecule has 0 saturated carbocycles. The molecular formula is C40H61NO8Si2. The van der Waals surface area contributed by atoms with E-state index in [9.17, 15) is 15.6 Å². The second-order valence-corrected chi connectivity index (χ2v) is 27.8. The van der Waals surface area contributed by atoms with Gasteiger partial charge in [0, 0.05) is 39.4 Å². The lowest BCUT2D eigenvalue weighted by Crippen LogP contribution is -2.69. The van der Waals surface area contributed by atoms with E-state index in [2.05, 4.69) is 83.1 Å². The summed E-state index contributed by atoms with van der Waals surface area (Å²) in [5.41, 5.74) is 1.07. The van der Waals surface area contributed by atoms with Crippen molar-refractivity contribution >= 4 is 22.6 Å². The first-order valence-corrected chi connectivity index (χ1v) is 22.3. The number of hydrogen-bond acceptors (Lipinski definition) is 9. The third-order valence-electron chi connectivity index (χ3n) is 11.3. The van der Waals surface area contributed by atoms with Crippen molar-refractivity contribution in [3.63, 3.8) is 0 Å². The molecule has 3 aliphatic rings. The van der Waals surface area contributed by atoms with Gasteiger partial charge in [-0.05, 0) is 47.3 Å². The van der Waals surface area contributed by atoms with Crippen LogP contribution in [0.25, 0.3) is 0 Å². The summed E-state index contributed by atoms with van der Waals surface area (Å²) < 4.78 is 40.0. The Bertz CT molecular complexity index is 1640. The van der Waals surface area contributed by atoms with Gasteiger partial charge in [-0.3, -0.25) is 5.41 Å². The largest absolute Gasteiger partial charge is 0.507 e. The number of ether oxygens (including phenoxy) is 3. The molecule has 3 N–H and O–H groups in total. The summed E-state index contributed by atoms with van der Waals surface area (Å²) in [4.78, 5) is 0. The first-order chi connectivity index (χ1) is 23.6. The Morgan fingerprint density at radius 2 is 1.57 bits per heavy atom. The zero-order chi connectivity index (χ0) is 38.1. The third-order valence-corrected chi connectivity index (χ3v) is 22.5. The summed E-state index contributed by atoms with van der Waals surface area (Å²) in [5.74, 6) is 0.500. The van der Waals surface area contributed by atoms with E-state index in [1.165, 1.54) is 7.11 Å². The van der Waals surface area contributed by atoms with Gasteiger partial charge in [-0.15, -0.1) is 0 Å². The van der Waals surface area contributed by atoms with Crippen LogP contribution in [0.1, 0.15) is 111 Å². The SMILES string of the molecule is COCOc1cccc2c1C(=N)c1c(O)cc(C)cc1[C@]2(O)C1=C[C@@H](O[Si](C(C)C)(C(C)C)C(C)C)[C@@H]2O[Si](C(C)(C)C)(C(C)(C)C)OC[C@H]2O1. The van der Waals surface area contributed by atoms with Gasteiger partial charge < -0.3 is 37.7 Å². The highest BCUT2D eigenvalue weighted by Crippen LogP contribution is 2.57. The van der Waals surface area contributed by atoms with Gasteiger partial charge in [-0.25, -0.2) is 0 Å². The lowest BCUT2D eigenvalue weighted by Gasteiger charge is -2.57. The van der Waals surface area contributed by atoms with Crippen molar-refractivity contribution in [1.82, 2.24) is 0 Å². The molecule has 4 atom stereocenters. The van der Waals surface area contributed by atoms with Gasteiger partial charge in [0.1, 0.15) is 29.5 Å².